The number of benzene rings is 1. The molecule has 0 bridgehead atoms. The van der Waals surface area contributed by atoms with Gasteiger partial charge < -0.3 is 9.88 Å². The number of anilines is 1. The first kappa shape index (κ1) is 14.1. The normalized spacial score (nSPS) is 20.3. The van der Waals surface area contributed by atoms with Gasteiger partial charge in [0.05, 0.1) is 11.4 Å². The Morgan fingerprint density at radius 3 is 3.05 bits per heavy atom. The Hall–Kier alpha value is -1.81. The van der Waals surface area contributed by atoms with Crippen molar-refractivity contribution in [1.29, 1.82) is 0 Å². The second kappa shape index (κ2) is 5.90. The molecular weight excluding hydrogens is 286 g/mol. The molecular formula is C16H18ClN3O. The molecule has 2 aromatic rings. The third kappa shape index (κ3) is 2.68. The lowest BCUT2D eigenvalue weighted by Gasteiger charge is -2.18. The van der Waals surface area contributed by atoms with Crippen LogP contribution in [0.3, 0.4) is 0 Å². The van der Waals surface area contributed by atoms with E-state index in [2.05, 4.69) is 22.4 Å². The zero-order chi connectivity index (χ0) is 14.8. The SMILES string of the molecule is CCCn1ccnc(NC2c3ccccc3CC2Cl)c1=O. The number of aromatic nitrogens is 2. The van der Waals surface area contributed by atoms with E-state index in [-0.39, 0.29) is 17.0 Å². The summed E-state index contributed by atoms with van der Waals surface area (Å²) in [5, 5.41) is 3.17. The Kier molecular flexibility index (Phi) is 3.97. The summed E-state index contributed by atoms with van der Waals surface area (Å²) in [5.74, 6) is 0.373. The van der Waals surface area contributed by atoms with Crippen molar-refractivity contribution in [2.75, 3.05) is 5.32 Å². The third-order valence-electron chi connectivity index (χ3n) is 3.84. The van der Waals surface area contributed by atoms with Crippen LogP contribution in [-0.4, -0.2) is 14.9 Å². The molecule has 1 aromatic carbocycles. The predicted molar refractivity (Wildman–Crippen MR) is 84.9 cm³/mol. The monoisotopic (exact) mass is 303 g/mol. The van der Waals surface area contributed by atoms with Crippen LogP contribution in [0.1, 0.15) is 30.5 Å². The quantitative estimate of drug-likeness (QED) is 0.883. The summed E-state index contributed by atoms with van der Waals surface area (Å²) in [5.41, 5.74) is 2.30. The molecule has 0 saturated carbocycles. The molecule has 4 nitrogen and oxygen atoms in total. The summed E-state index contributed by atoms with van der Waals surface area (Å²) in [6, 6.07) is 8.08. The Morgan fingerprint density at radius 1 is 1.43 bits per heavy atom. The van der Waals surface area contributed by atoms with Gasteiger partial charge in [0.2, 0.25) is 0 Å². The lowest BCUT2D eigenvalue weighted by atomic mass is 10.1. The molecule has 0 aliphatic heterocycles. The third-order valence-corrected chi connectivity index (χ3v) is 4.24. The molecule has 0 radical (unpaired) electrons. The van der Waals surface area contributed by atoms with Crippen molar-refractivity contribution in [3.05, 3.63) is 58.1 Å². The van der Waals surface area contributed by atoms with Gasteiger partial charge in [0.1, 0.15) is 0 Å². The fraction of sp³-hybridized carbons (Fsp3) is 0.375. The van der Waals surface area contributed by atoms with Gasteiger partial charge >= 0.3 is 0 Å². The molecule has 1 aromatic heterocycles. The largest absolute Gasteiger partial charge is 0.357 e. The van der Waals surface area contributed by atoms with E-state index in [1.165, 1.54) is 5.56 Å². The number of nitrogens with one attached hydrogen (secondary N) is 1. The highest BCUT2D eigenvalue weighted by Crippen LogP contribution is 2.36. The molecule has 21 heavy (non-hydrogen) atoms. The van der Waals surface area contributed by atoms with Gasteiger partial charge in [0.15, 0.2) is 5.82 Å². The zero-order valence-electron chi connectivity index (χ0n) is 11.9. The van der Waals surface area contributed by atoms with E-state index < -0.39 is 0 Å². The van der Waals surface area contributed by atoms with Gasteiger partial charge in [-0.2, -0.15) is 0 Å². The number of hydrogen-bond acceptors (Lipinski definition) is 3. The van der Waals surface area contributed by atoms with Crippen molar-refractivity contribution in [2.24, 2.45) is 0 Å². The highest BCUT2D eigenvalue weighted by Gasteiger charge is 2.31. The van der Waals surface area contributed by atoms with Crippen molar-refractivity contribution >= 4 is 17.4 Å². The van der Waals surface area contributed by atoms with Crippen molar-refractivity contribution in [3.63, 3.8) is 0 Å². The first-order chi connectivity index (χ1) is 10.2. The molecule has 110 valence electrons. The van der Waals surface area contributed by atoms with Crippen LogP contribution in [0, 0.1) is 0 Å². The van der Waals surface area contributed by atoms with Gasteiger partial charge in [-0.05, 0) is 24.0 Å². The van der Waals surface area contributed by atoms with Crippen LogP contribution < -0.4 is 10.9 Å². The molecule has 1 heterocycles. The molecule has 1 aliphatic rings. The molecule has 0 fully saturated rings. The Morgan fingerprint density at radius 2 is 2.24 bits per heavy atom. The highest BCUT2D eigenvalue weighted by molar-refractivity contribution is 6.21. The van der Waals surface area contributed by atoms with Crippen LogP contribution in [0.5, 0.6) is 0 Å². The molecule has 2 atom stereocenters. The summed E-state index contributed by atoms with van der Waals surface area (Å²) < 4.78 is 1.68. The van der Waals surface area contributed by atoms with Crippen molar-refractivity contribution in [3.8, 4) is 0 Å². The first-order valence-electron chi connectivity index (χ1n) is 7.24. The minimum absolute atomic E-state index is 0.0663. The number of alkyl halides is 1. The summed E-state index contributed by atoms with van der Waals surface area (Å²) in [6.45, 7) is 2.74. The minimum atomic E-state index is -0.0902. The van der Waals surface area contributed by atoms with E-state index in [0.29, 0.717) is 12.4 Å². The van der Waals surface area contributed by atoms with E-state index in [0.717, 1.165) is 18.4 Å². The van der Waals surface area contributed by atoms with E-state index in [1.807, 2.05) is 19.1 Å². The second-order valence-corrected chi connectivity index (χ2v) is 5.88. The van der Waals surface area contributed by atoms with E-state index in [1.54, 1.807) is 17.0 Å². The van der Waals surface area contributed by atoms with Crippen molar-refractivity contribution in [1.82, 2.24) is 9.55 Å². The van der Waals surface area contributed by atoms with Gasteiger partial charge in [-0.15, -0.1) is 11.6 Å². The first-order valence-corrected chi connectivity index (χ1v) is 7.68. The van der Waals surface area contributed by atoms with Crippen LogP contribution in [0.2, 0.25) is 0 Å². The van der Waals surface area contributed by atoms with Gasteiger partial charge in [0, 0.05) is 18.9 Å². The van der Waals surface area contributed by atoms with Crippen molar-refractivity contribution < 1.29 is 0 Å². The summed E-state index contributed by atoms with van der Waals surface area (Å²) in [7, 11) is 0. The van der Waals surface area contributed by atoms with Gasteiger partial charge in [0.25, 0.3) is 5.56 Å². The smallest absolute Gasteiger partial charge is 0.293 e. The zero-order valence-corrected chi connectivity index (χ0v) is 12.7. The fourth-order valence-corrected chi connectivity index (χ4v) is 3.19. The highest BCUT2D eigenvalue weighted by atomic mass is 35.5. The molecule has 0 amide bonds. The van der Waals surface area contributed by atoms with Crippen LogP contribution in [0.25, 0.3) is 0 Å². The number of halogens is 1. The Bertz CT molecular complexity index is 698. The van der Waals surface area contributed by atoms with E-state index >= 15 is 0 Å². The minimum Gasteiger partial charge on any atom is -0.357 e. The molecule has 0 saturated heterocycles. The van der Waals surface area contributed by atoms with Gasteiger partial charge in [-0.1, -0.05) is 31.2 Å². The second-order valence-electron chi connectivity index (χ2n) is 5.32. The number of rotatable bonds is 4. The van der Waals surface area contributed by atoms with Gasteiger partial charge in [-0.3, -0.25) is 4.79 Å². The number of fused-ring (bicyclic) bond motifs is 1. The van der Waals surface area contributed by atoms with Crippen LogP contribution in [-0.2, 0) is 13.0 Å². The average molecular weight is 304 g/mol. The average Bonchev–Trinajstić information content (AvgIpc) is 2.80. The lowest BCUT2D eigenvalue weighted by Crippen LogP contribution is -2.27. The van der Waals surface area contributed by atoms with E-state index in [4.69, 9.17) is 11.6 Å². The standard InChI is InChI=1S/C16H18ClN3O/c1-2-8-20-9-7-18-15(16(20)21)19-14-12-6-4-3-5-11(12)10-13(14)17/h3-7,9,13-14H,2,8,10H2,1H3,(H,18,19). The topological polar surface area (TPSA) is 46.9 Å². The fourth-order valence-electron chi connectivity index (χ4n) is 2.83. The maximum absolute atomic E-state index is 12.4. The Balaban J connectivity index is 1.91. The number of hydrogen-bond donors (Lipinski definition) is 1. The predicted octanol–water partition coefficient (Wildman–Crippen LogP) is 2.97. The number of nitrogens with zero attached hydrogens (tertiary/aromatic N) is 2. The van der Waals surface area contributed by atoms with Crippen LogP contribution in [0.15, 0.2) is 41.5 Å². The maximum atomic E-state index is 12.4. The summed E-state index contributed by atoms with van der Waals surface area (Å²) >= 11 is 6.45. The summed E-state index contributed by atoms with van der Waals surface area (Å²) in [6.07, 6.45) is 5.10. The maximum Gasteiger partial charge on any atom is 0.293 e. The van der Waals surface area contributed by atoms with E-state index in [9.17, 15) is 4.79 Å². The van der Waals surface area contributed by atoms with Crippen LogP contribution >= 0.6 is 11.6 Å². The lowest BCUT2D eigenvalue weighted by molar-refractivity contribution is 0.646. The molecule has 2 unspecified atom stereocenters. The van der Waals surface area contributed by atoms with Gasteiger partial charge in [-0.25, -0.2) is 4.98 Å². The van der Waals surface area contributed by atoms with Crippen LogP contribution in [0.4, 0.5) is 5.82 Å². The molecule has 3 rings (SSSR count). The molecule has 1 N–H and O–H groups in total. The Labute approximate surface area is 128 Å². The summed E-state index contributed by atoms with van der Waals surface area (Å²) in [4.78, 5) is 16.5. The number of aryl methyl sites for hydroxylation is 1. The molecule has 0 spiro atoms. The molecule has 5 heteroatoms. The molecule has 1 aliphatic carbocycles. The van der Waals surface area contributed by atoms with Crippen molar-refractivity contribution in [2.45, 2.75) is 37.7 Å².